The molecule has 0 radical (unpaired) electrons. The quantitative estimate of drug-likeness (QED) is 0.833. The Bertz CT molecular complexity index is 658. The van der Waals surface area contributed by atoms with Crippen LogP contribution in [0.25, 0.3) is 0 Å². The van der Waals surface area contributed by atoms with Gasteiger partial charge in [0.25, 0.3) is 0 Å². The molecule has 0 aliphatic carbocycles. The molecule has 1 heterocycles. The molecular weight excluding hydrogens is 286 g/mol. The number of aromatic nitrogens is 1. The Labute approximate surface area is 129 Å². The number of benzene rings is 1. The van der Waals surface area contributed by atoms with Crippen LogP contribution in [0.4, 0.5) is 11.4 Å². The van der Waals surface area contributed by atoms with E-state index in [9.17, 15) is 4.79 Å². The van der Waals surface area contributed by atoms with Crippen LogP contribution < -0.4 is 10.6 Å². The third kappa shape index (κ3) is 4.20. The number of pyridine rings is 1. The molecule has 0 spiro atoms. The second-order valence-electron chi connectivity index (χ2n) is 4.94. The van der Waals surface area contributed by atoms with E-state index in [1.807, 2.05) is 37.3 Å². The van der Waals surface area contributed by atoms with Crippen molar-refractivity contribution in [2.24, 2.45) is 0 Å². The van der Waals surface area contributed by atoms with Gasteiger partial charge < -0.3 is 10.6 Å². The summed E-state index contributed by atoms with van der Waals surface area (Å²) < 4.78 is 0. The Balaban J connectivity index is 2.16. The van der Waals surface area contributed by atoms with Crippen molar-refractivity contribution in [1.29, 1.82) is 0 Å². The first kappa shape index (κ1) is 15.3. The van der Waals surface area contributed by atoms with Gasteiger partial charge in [-0.1, -0.05) is 23.7 Å². The number of hydrogen-bond acceptors (Lipinski definition) is 3. The molecule has 1 atom stereocenters. The highest BCUT2D eigenvalue weighted by Gasteiger charge is 2.09. The van der Waals surface area contributed by atoms with Crippen molar-refractivity contribution >= 4 is 28.9 Å². The molecule has 2 rings (SSSR count). The van der Waals surface area contributed by atoms with Crippen LogP contribution in [0.5, 0.6) is 0 Å². The third-order valence-corrected chi connectivity index (χ3v) is 3.34. The molecular formula is C16H18ClN3O. The summed E-state index contributed by atoms with van der Waals surface area (Å²) in [6, 6.07) is 11.5. The molecule has 4 nitrogen and oxygen atoms in total. The summed E-state index contributed by atoms with van der Waals surface area (Å²) in [5.41, 5.74) is 3.67. The fraction of sp³-hybridized carbons (Fsp3) is 0.250. The van der Waals surface area contributed by atoms with Crippen molar-refractivity contribution in [1.82, 2.24) is 4.98 Å². The van der Waals surface area contributed by atoms with Crippen LogP contribution in [0, 0.1) is 6.92 Å². The molecule has 0 saturated carbocycles. The number of amides is 1. The van der Waals surface area contributed by atoms with Gasteiger partial charge in [-0.05, 0) is 43.7 Å². The van der Waals surface area contributed by atoms with Gasteiger partial charge in [0, 0.05) is 18.7 Å². The number of anilines is 2. The van der Waals surface area contributed by atoms with Crippen molar-refractivity contribution in [3.05, 3.63) is 52.8 Å². The number of nitrogens with zero attached hydrogens (tertiary/aromatic N) is 1. The van der Waals surface area contributed by atoms with E-state index in [0.29, 0.717) is 5.15 Å². The molecule has 1 aromatic heterocycles. The Kier molecular flexibility index (Phi) is 4.81. The topological polar surface area (TPSA) is 54.0 Å². The third-order valence-electron chi connectivity index (χ3n) is 3.13. The van der Waals surface area contributed by atoms with Crippen LogP contribution in [0.15, 0.2) is 36.4 Å². The van der Waals surface area contributed by atoms with Crippen LogP contribution in [0.3, 0.4) is 0 Å². The lowest BCUT2D eigenvalue weighted by molar-refractivity contribution is -0.114. The smallest absolute Gasteiger partial charge is 0.221 e. The van der Waals surface area contributed by atoms with Crippen molar-refractivity contribution in [2.75, 3.05) is 10.6 Å². The summed E-state index contributed by atoms with van der Waals surface area (Å²) >= 11 is 5.86. The number of halogens is 1. The van der Waals surface area contributed by atoms with E-state index in [2.05, 4.69) is 22.5 Å². The molecule has 1 aromatic carbocycles. The fourth-order valence-electron chi connectivity index (χ4n) is 2.09. The maximum Gasteiger partial charge on any atom is 0.221 e. The first-order chi connectivity index (χ1) is 9.95. The highest BCUT2D eigenvalue weighted by molar-refractivity contribution is 6.29. The van der Waals surface area contributed by atoms with E-state index < -0.39 is 0 Å². The van der Waals surface area contributed by atoms with Gasteiger partial charge in [-0.15, -0.1) is 0 Å². The molecule has 2 N–H and O–H groups in total. The van der Waals surface area contributed by atoms with E-state index >= 15 is 0 Å². The van der Waals surface area contributed by atoms with Gasteiger partial charge in [0.15, 0.2) is 0 Å². The maximum absolute atomic E-state index is 11.1. The van der Waals surface area contributed by atoms with Crippen LogP contribution in [0.1, 0.15) is 31.1 Å². The lowest BCUT2D eigenvalue weighted by Crippen LogP contribution is -2.10. The number of carbonyl (C=O) groups is 1. The minimum absolute atomic E-state index is 0.0782. The molecule has 0 saturated heterocycles. The van der Waals surface area contributed by atoms with Crippen molar-refractivity contribution in [3.63, 3.8) is 0 Å². The second kappa shape index (κ2) is 6.59. The Morgan fingerprint density at radius 2 is 2.05 bits per heavy atom. The standard InChI is InChI=1S/C16H18ClN3O/c1-10(18-15-7-8-16(17)19-11(15)2)13-5-4-6-14(9-13)20-12(3)21/h4-10,18H,1-3H3,(H,20,21). The summed E-state index contributed by atoms with van der Waals surface area (Å²) in [5, 5.41) is 6.67. The summed E-state index contributed by atoms with van der Waals surface area (Å²) in [6.07, 6.45) is 0. The predicted molar refractivity (Wildman–Crippen MR) is 86.8 cm³/mol. The Hall–Kier alpha value is -2.07. The SMILES string of the molecule is CC(=O)Nc1cccc(C(C)Nc2ccc(Cl)nc2C)c1. The molecule has 0 aliphatic heterocycles. The molecule has 2 aromatic rings. The monoisotopic (exact) mass is 303 g/mol. The maximum atomic E-state index is 11.1. The van der Waals surface area contributed by atoms with Gasteiger partial charge in [-0.2, -0.15) is 0 Å². The zero-order chi connectivity index (χ0) is 15.4. The van der Waals surface area contributed by atoms with Gasteiger partial charge in [0.1, 0.15) is 5.15 Å². The highest BCUT2D eigenvalue weighted by atomic mass is 35.5. The zero-order valence-electron chi connectivity index (χ0n) is 12.3. The summed E-state index contributed by atoms with van der Waals surface area (Å²) in [7, 11) is 0. The van der Waals surface area contributed by atoms with Gasteiger partial charge >= 0.3 is 0 Å². The summed E-state index contributed by atoms with van der Waals surface area (Å²) in [5.74, 6) is -0.0782. The Morgan fingerprint density at radius 1 is 1.29 bits per heavy atom. The number of rotatable bonds is 4. The largest absolute Gasteiger partial charge is 0.377 e. The molecule has 0 aliphatic rings. The van der Waals surface area contributed by atoms with Crippen LogP contribution in [-0.4, -0.2) is 10.9 Å². The second-order valence-corrected chi connectivity index (χ2v) is 5.33. The van der Waals surface area contributed by atoms with E-state index in [-0.39, 0.29) is 11.9 Å². The molecule has 110 valence electrons. The molecule has 21 heavy (non-hydrogen) atoms. The van der Waals surface area contributed by atoms with Crippen LogP contribution in [0.2, 0.25) is 5.15 Å². The summed E-state index contributed by atoms with van der Waals surface area (Å²) in [4.78, 5) is 15.3. The summed E-state index contributed by atoms with van der Waals surface area (Å²) in [6.45, 7) is 5.46. The van der Waals surface area contributed by atoms with E-state index in [1.54, 1.807) is 6.07 Å². The number of nitrogens with one attached hydrogen (secondary N) is 2. The molecule has 1 unspecified atom stereocenters. The lowest BCUT2D eigenvalue weighted by Gasteiger charge is -2.18. The number of hydrogen-bond donors (Lipinski definition) is 2. The number of aryl methyl sites for hydroxylation is 1. The van der Waals surface area contributed by atoms with E-state index in [1.165, 1.54) is 6.92 Å². The highest BCUT2D eigenvalue weighted by Crippen LogP contribution is 2.24. The molecule has 1 amide bonds. The molecule has 0 bridgehead atoms. The van der Waals surface area contributed by atoms with E-state index in [4.69, 9.17) is 11.6 Å². The first-order valence-corrected chi connectivity index (χ1v) is 7.11. The zero-order valence-corrected chi connectivity index (χ0v) is 13.0. The lowest BCUT2D eigenvalue weighted by atomic mass is 10.1. The average molecular weight is 304 g/mol. The van der Waals surface area contributed by atoms with Gasteiger partial charge in [0.05, 0.1) is 11.4 Å². The first-order valence-electron chi connectivity index (χ1n) is 6.73. The van der Waals surface area contributed by atoms with Gasteiger partial charge in [-0.3, -0.25) is 4.79 Å². The van der Waals surface area contributed by atoms with E-state index in [0.717, 1.165) is 22.6 Å². The molecule has 0 fully saturated rings. The number of carbonyl (C=O) groups excluding carboxylic acids is 1. The fourth-order valence-corrected chi connectivity index (χ4v) is 2.28. The van der Waals surface area contributed by atoms with Gasteiger partial charge in [-0.25, -0.2) is 4.98 Å². The van der Waals surface area contributed by atoms with Crippen LogP contribution in [-0.2, 0) is 4.79 Å². The molecule has 5 heteroatoms. The Morgan fingerprint density at radius 3 is 2.71 bits per heavy atom. The minimum atomic E-state index is -0.0782. The van der Waals surface area contributed by atoms with Gasteiger partial charge in [0.2, 0.25) is 5.91 Å². The van der Waals surface area contributed by atoms with Crippen molar-refractivity contribution in [3.8, 4) is 0 Å². The van der Waals surface area contributed by atoms with Crippen molar-refractivity contribution < 1.29 is 4.79 Å². The van der Waals surface area contributed by atoms with Crippen LogP contribution >= 0.6 is 11.6 Å². The average Bonchev–Trinajstić information content (AvgIpc) is 2.41. The minimum Gasteiger partial charge on any atom is -0.377 e. The predicted octanol–water partition coefficient (Wildman–Crippen LogP) is 4.17. The van der Waals surface area contributed by atoms with Crippen molar-refractivity contribution in [2.45, 2.75) is 26.8 Å². The normalized spacial score (nSPS) is 11.8.